The van der Waals surface area contributed by atoms with Gasteiger partial charge in [0, 0.05) is 11.0 Å². The zero-order valence-electron chi connectivity index (χ0n) is 15.1. The van der Waals surface area contributed by atoms with E-state index in [4.69, 9.17) is 5.11 Å². The van der Waals surface area contributed by atoms with Gasteiger partial charge in [-0.15, -0.1) is 0 Å². The molecule has 0 spiro atoms. The molecule has 0 bridgehead atoms. The smallest absolute Gasteiger partial charge is 0.331 e. The molecular weight excluding hydrogens is 288 g/mol. The number of aliphatic hydroxyl groups excluding tert-OH is 1. The average molecular weight is 320 g/mol. The van der Waals surface area contributed by atoms with Gasteiger partial charge in [-0.2, -0.15) is 0 Å². The second-order valence-electron chi connectivity index (χ2n) is 8.15. The standard InChI is InChI=1S/C20H32O3/c1-14(10-13-21)8-11-19(3)15(2)9-12-20(4)16(18(22)23)6-5-7-17(19)20/h6,10,15,17,21H,5,7-9,11-13H2,1-4H3,(H,22,23)/b14-10+/t15-,17-,19+,20-/m1/s1. The number of carboxylic acids is 1. The summed E-state index contributed by atoms with van der Waals surface area (Å²) in [6, 6.07) is 0. The van der Waals surface area contributed by atoms with Gasteiger partial charge in [-0.05, 0) is 62.7 Å². The number of fused-ring (bicyclic) bond motifs is 1. The summed E-state index contributed by atoms with van der Waals surface area (Å²) in [7, 11) is 0. The molecule has 4 atom stereocenters. The van der Waals surface area contributed by atoms with Gasteiger partial charge in [0.1, 0.15) is 0 Å². The van der Waals surface area contributed by atoms with Crippen LogP contribution in [0.1, 0.15) is 66.2 Å². The van der Waals surface area contributed by atoms with E-state index in [2.05, 4.69) is 27.7 Å². The molecule has 0 heterocycles. The molecule has 2 rings (SSSR count). The zero-order chi connectivity index (χ0) is 17.3. The molecule has 2 aliphatic rings. The number of aliphatic hydroxyl groups is 1. The Labute approximate surface area is 140 Å². The number of hydrogen-bond acceptors (Lipinski definition) is 2. The Morgan fingerprint density at radius 1 is 1.39 bits per heavy atom. The molecule has 1 fully saturated rings. The van der Waals surface area contributed by atoms with Crippen LogP contribution >= 0.6 is 0 Å². The minimum absolute atomic E-state index is 0.102. The van der Waals surface area contributed by atoms with Crippen molar-refractivity contribution in [1.82, 2.24) is 0 Å². The lowest BCUT2D eigenvalue weighted by atomic mass is 9.46. The summed E-state index contributed by atoms with van der Waals surface area (Å²) in [5.74, 6) is 0.304. The minimum atomic E-state index is -0.731. The van der Waals surface area contributed by atoms with Gasteiger partial charge >= 0.3 is 5.97 Å². The molecule has 0 aromatic heterocycles. The summed E-state index contributed by atoms with van der Waals surface area (Å²) in [6.45, 7) is 9.07. The van der Waals surface area contributed by atoms with Crippen molar-refractivity contribution in [3.8, 4) is 0 Å². The lowest BCUT2D eigenvalue weighted by Gasteiger charge is -2.57. The number of rotatable bonds is 5. The summed E-state index contributed by atoms with van der Waals surface area (Å²) in [6.07, 6.45) is 9.97. The predicted octanol–water partition coefficient (Wildman–Crippen LogP) is 4.57. The molecule has 0 amide bonds. The summed E-state index contributed by atoms with van der Waals surface area (Å²) < 4.78 is 0. The van der Waals surface area contributed by atoms with Crippen molar-refractivity contribution in [2.24, 2.45) is 22.7 Å². The Morgan fingerprint density at radius 2 is 2.09 bits per heavy atom. The van der Waals surface area contributed by atoms with E-state index in [0.717, 1.165) is 38.5 Å². The number of carboxylic acid groups (broad SMARTS) is 1. The summed E-state index contributed by atoms with van der Waals surface area (Å²) in [4.78, 5) is 11.8. The van der Waals surface area contributed by atoms with Crippen LogP contribution in [0, 0.1) is 22.7 Å². The molecule has 3 nitrogen and oxygen atoms in total. The highest BCUT2D eigenvalue weighted by molar-refractivity contribution is 5.88. The van der Waals surface area contributed by atoms with Gasteiger partial charge < -0.3 is 10.2 Å². The van der Waals surface area contributed by atoms with E-state index in [0.29, 0.717) is 17.4 Å². The molecule has 0 saturated heterocycles. The topological polar surface area (TPSA) is 57.5 Å². The second-order valence-corrected chi connectivity index (χ2v) is 8.15. The largest absolute Gasteiger partial charge is 0.478 e. The summed E-state index contributed by atoms with van der Waals surface area (Å²) in [5.41, 5.74) is 1.85. The van der Waals surface area contributed by atoms with E-state index < -0.39 is 5.97 Å². The van der Waals surface area contributed by atoms with Gasteiger partial charge in [-0.3, -0.25) is 0 Å². The maximum atomic E-state index is 11.8. The monoisotopic (exact) mass is 320 g/mol. The fraction of sp³-hybridized carbons (Fsp3) is 0.750. The third kappa shape index (κ3) is 3.26. The van der Waals surface area contributed by atoms with E-state index in [1.807, 2.05) is 12.2 Å². The fourth-order valence-corrected chi connectivity index (χ4v) is 5.17. The van der Waals surface area contributed by atoms with Crippen molar-refractivity contribution < 1.29 is 15.0 Å². The highest BCUT2D eigenvalue weighted by Gasteiger charge is 2.55. The number of hydrogen-bond donors (Lipinski definition) is 2. The molecule has 1 saturated carbocycles. The third-order valence-electron chi connectivity index (χ3n) is 6.93. The van der Waals surface area contributed by atoms with Crippen LogP contribution in [0.5, 0.6) is 0 Å². The van der Waals surface area contributed by atoms with Crippen LogP contribution in [0.25, 0.3) is 0 Å². The molecule has 2 N–H and O–H groups in total. The van der Waals surface area contributed by atoms with Gasteiger partial charge in [-0.25, -0.2) is 4.79 Å². The Morgan fingerprint density at radius 3 is 2.70 bits per heavy atom. The molecule has 0 unspecified atom stereocenters. The third-order valence-corrected chi connectivity index (χ3v) is 6.93. The lowest BCUT2D eigenvalue weighted by molar-refractivity contribution is -0.137. The first-order chi connectivity index (χ1) is 10.8. The molecule has 0 aliphatic heterocycles. The lowest BCUT2D eigenvalue weighted by Crippen LogP contribution is -2.51. The van der Waals surface area contributed by atoms with E-state index in [1.54, 1.807) is 0 Å². The van der Waals surface area contributed by atoms with Crippen LogP contribution in [0.2, 0.25) is 0 Å². The first-order valence-corrected chi connectivity index (χ1v) is 8.96. The highest BCUT2D eigenvalue weighted by atomic mass is 16.4. The highest BCUT2D eigenvalue weighted by Crippen LogP contribution is 2.62. The number of allylic oxidation sites excluding steroid dienone is 2. The van der Waals surface area contributed by atoms with Crippen molar-refractivity contribution >= 4 is 5.97 Å². The minimum Gasteiger partial charge on any atom is -0.478 e. The van der Waals surface area contributed by atoms with Gasteiger partial charge in [0.2, 0.25) is 0 Å². The Kier molecular flexibility index (Phi) is 5.40. The quantitative estimate of drug-likeness (QED) is 0.730. The first-order valence-electron chi connectivity index (χ1n) is 8.96. The van der Waals surface area contributed by atoms with E-state index in [9.17, 15) is 9.90 Å². The van der Waals surface area contributed by atoms with Crippen LogP contribution in [0.15, 0.2) is 23.3 Å². The normalized spacial score (nSPS) is 38.0. The second kappa shape index (κ2) is 6.80. The summed E-state index contributed by atoms with van der Waals surface area (Å²) >= 11 is 0. The summed E-state index contributed by atoms with van der Waals surface area (Å²) in [5, 5.41) is 18.7. The molecule has 130 valence electrons. The predicted molar refractivity (Wildman–Crippen MR) is 93.1 cm³/mol. The number of carbonyl (C=O) groups is 1. The maximum Gasteiger partial charge on any atom is 0.331 e. The van der Waals surface area contributed by atoms with Gasteiger partial charge in [0.25, 0.3) is 0 Å². The van der Waals surface area contributed by atoms with E-state index in [-0.39, 0.29) is 17.4 Å². The number of aliphatic carboxylic acids is 1. The molecule has 23 heavy (non-hydrogen) atoms. The van der Waals surface area contributed by atoms with Crippen molar-refractivity contribution in [3.05, 3.63) is 23.3 Å². The van der Waals surface area contributed by atoms with Crippen LogP contribution in [-0.2, 0) is 4.79 Å². The molecule has 0 aromatic carbocycles. The van der Waals surface area contributed by atoms with Gasteiger partial charge in [-0.1, -0.05) is 38.5 Å². The molecule has 3 heteroatoms. The van der Waals surface area contributed by atoms with Crippen LogP contribution < -0.4 is 0 Å². The van der Waals surface area contributed by atoms with Gasteiger partial charge in [0.05, 0.1) is 6.61 Å². The van der Waals surface area contributed by atoms with E-state index in [1.165, 1.54) is 5.57 Å². The maximum absolute atomic E-state index is 11.8. The molecule has 0 radical (unpaired) electrons. The molecule has 2 aliphatic carbocycles. The van der Waals surface area contributed by atoms with E-state index >= 15 is 0 Å². The van der Waals surface area contributed by atoms with Crippen molar-refractivity contribution in [2.45, 2.75) is 66.2 Å². The fourth-order valence-electron chi connectivity index (χ4n) is 5.17. The van der Waals surface area contributed by atoms with Crippen molar-refractivity contribution in [3.63, 3.8) is 0 Å². The zero-order valence-corrected chi connectivity index (χ0v) is 15.1. The van der Waals surface area contributed by atoms with Gasteiger partial charge in [0.15, 0.2) is 0 Å². The van der Waals surface area contributed by atoms with Crippen LogP contribution in [0.4, 0.5) is 0 Å². The van der Waals surface area contributed by atoms with Crippen LogP contribution in [0.3, 0.4) is 0 Å². The molecular formula is C20H32O3. The SMILES string of the molecule is C/C(=C\CO)CC[C@@]1(C)[C@H](C)CC[C@]2(C)C(C(=O)O)=CCC[C@H]12. The Balaban J connectivity index is 2.30. The molecule has 0 aromatic rings. The first kappa shape index (κ1) is 18.3. The Hall–Kier alpha value is -1.09. The van der Waals surface area contributed by atoms with Crippen LogP contribution in [-0.4, -0.2) is 22.8 Å². The van der Waals surface area contributed by atoms with Crippen molar-refractivity contribution in [1.29, 1.82) is 0 Å². The Bertz CT molecular complexity index is 519. The van der Waals surface area contributed by atoms with Crippen molar-refractivity contribution in [2.75, 3.05) is 6.61 Å². The average Bonchev–Trinajstić information content (AvgIpc) is 2.49.